The van der Waals surface area contributed by atoms with E-state index in [1.807, 2.05) is 0 Å². The van der Waals surface area contributed by atoms with Crippen LogP contribution in [-0.2, 0) is 10.8 Å². The van der Waals surface area contributed by atoms with Crippen LogP contribution in [-0.4, -0.2) is 0 Å². The van der Waals surface area contributed by atoms with Gasteiger partial charge in [0.05, 0.1) is 0 Å². The van der Waals surface area contributed by atoms with Crippen LogP contribution in [0.5, 0.6) is 0 Å². The SMILES string of the molecule is CC1(C)c2ccccc2-c2ccc(-c3cc(-c4ccc(-c5cc6ccc7cccc8ccc(c5)c6c78)cc4)cc(-c4ccc5c(c4)C(C)(C)c4ccccc4-5)c3)cc21. The first-order chi connectivity index (χ1) is 28.2. The highest BCUT2D eigenvalue weighted by Gasteiger charge is 2.36. The molecule has 0 heteroatoms. The lowest BCUT2D eigenvalue weighted by Crippen LogP contribution is -2.15. The molecule has 0 atom stereocenters. The summed E-state index contributed by atoms with van der Waals surface area (Å²) in [6, 6.07) is 69.0. The van der Waals surface area contributed by atoms with Gasteiger partial charge < -0.3 is 0 Å². The second-order valence-corrected chi connectivity index (χ2v) is 17.7. The van der Waals surface area contributed by atoms with Crippen molar-refractivity contribution in [3.05, 3.63) is 204 Å². The first kappa shape index (κ1) is 33.4. The van der Waals surface area contributed by atoms with Crippen LogP contribution in [0, 0.1) is 0 Å². The highest BCUT2D eigenvalue weighted by molar-refractivity contribution is 6.23. The molecule has 0 N–H and O–H groups in total. The Labute approximate surface area is 340 Å². The van der Waals surface area contributed by atoms with Gasteiger partial charge in [-0.25, -0.2) is 0 Å². The first-order valence-corrected chi connectivity index (χ1v) is 20.7. The van der Waals surface area contributed by atoms with Crippen molar-refractivity contribution in [3.63, 3.8) is 0 Å². The molecule has 0 unspecified atom stereocenters. The predicted molar refractivity (Wildman–Crippen MR) is 247 cm³/mol. The number of rotatable bonds is 4. The van der Waals surface area contributed by atoms with Gasteiger partial charge in [-0.1, -0.05) is 167 Å². The van der Waals surface area contributed by atoms with Gasteiger partial charge in [0, 0.05) is 10.8 Å². The van der Waals surface area contributed by atoms with E-state index in [1.165, 1.54) is 121 Å². The minimum atomic E-state index is -0.0643. The molecule has 58 heavy (non-hydrogen) atoms. The lowest BCUT2D eigenvalue weighted by atomic mass is 9.81. The van der Waals surface area contributed by atoms with E-state index in [0.717, 1.165) is 0 Å². The van der Waals surface area contributed by atoms with Crippen molar-refractivity contribution in [2.45, 2.75) is 38.5 Å². The molecule has 0 nitrogen and oxygen atoms in total. The van der Waals surface area contributed by atoms with Crippen LogP contribution in [0.3, 0.4) is 0 Å². The summed E-state index contributed by atoms with van der Waals surface area (Å²) in [5.74, 6) is 0. The Morgan fingerprint density at radius 3 is 1.09 bits per heavy atom. The monoisotopic (exact) mass is 738 g/mol. The number of benzene rings is 10. The van der Waals surface area contributed by atoms with Crippen LogP contribution in [0.15, 0.2) is 182 Å². The molecule has 0 fully saturated rings. The second-order valence-electron chi connectivity index (χ2n) is 17.7. The fraction of sp³-hybridized carbons (Fsp3) is 0.103. The van der Waals surface area contributed by atoms with Gasteiger partial charge in [0.2, 0.25) is 0 Å². The van der Waals surface area contributed by atoms with Crippen molar-refractivity contribution in [1.29, 1.82) is 0 Å². The topological polar surface area (TPSA) is 0 Å². The minimum Gasteiger partial charge on any atom is -0.0619 e. The lowest BCUT2D eigenvalue weighted by Gasteiger charge is -2.22. The van der Waals surface area contributed by atoms with Crippen molar-refractivity contribution in [2.75, 3.05) is 0 Å². The maximum atomic E-state index is 2.45. The van der Waals surface area contributed by atoms with E-state index in [2.05, 4.69) is 210 Å². The Bertz CT molecular complexity index is 3130. The number of hydrogen-bond donors (Lipinski definition) is 0. The molecule has 0 aromatic heterocycles. The zero-order valence-corrected chi connectivity index (χ0v) is 33.3. The molecule has 0 saturated carbocycles. The Hall–Kier alpha value is -6.76. The summed E-state index contributed by atoms with van der Waals surface area (Å²) >= 11 is 0. The lowest BCUT2D eigenvalue weighted by molar-refractivity contribution is 0.660. The van der Waals surface area contributed by atoms with E-state index in [9.17, 15) is 0 Å². The average Bonchev–Trinajstić information content (AvgIpc) is 3.64. The van der Waals surface area contributed by atoms with Crippen molar-refractivity contribution < 1.29 is 0 Å². The summed E-state index contributed by atoms with van der Waals surface area (Å²) in [7, 11) is 0. The molecule has 2 aliphatic rings. The Balaban J connectivity index is 0.988. The van der Waals surface area contributed by atoms with Gasteiger partial charge in [-0.2, -0.15) is 0 Å². The largest absolute Gasteiger partial charge is 0.0619 e. The summed E-state index contributed by atoms with van der Waals surface area (Å²) in [4.78, 5) is 0. The molecule has 0 radical (unpaired) electrons. The third-order valence-electron chi connectivity index (χ3n) is 13.8. The van der Waals surface area contributed by atoms with Gasteiger partial charge >= 0.3 is 0 Å². The standard InChI is InChI=1S/C58H42/c1-57(2)51-14-7-5-12-47(51)49-26-24-39(33-53(49)57)45-30-44(31-46(32-45)40-25-27-50-48-13-6-8-15-52(48)58(3,4)54(50)34-40)36-18-16-35(17-19-36)43-28-41-22-20-37-10-9-11-38-21-23-42(29-43)56(41)55(37)38/h5-34H,1-4H3. The van der Waals surface area contributed by atoms with Crippen LogP contribution < -0.4 is 0 Å². The zero-order valence-electron chi connectivity index (χ0n) is 33.3. The van der Waals surface area contributed by atoms with Crippen molar-refractivity contribution >= 4 is 32.3 Å². The van der Waals surface area contributed by atoms with Gasteiger partial charge in [-0.15, -0.1) is 0 Å². The summed E-state index contributed by atoms with van der Waals surface area (Å²) in [5.41, 5.74) is 20.8. The molecule has 10 aromatic rings. The fourth-order valence-corrected chi connectivity index (χ4v) is 10.7. The van der Waals surface area contributed by atoms with E-state index in [1.54, 1.807) is 0 Å². The van der Waals surface area contributed by atoms with Crippen LogP contribution in [0.1, 0.15) is 49.9 Å². The molecule has 2 aliphatic carbocycles. The van der Waals surface area contributed by atoms with Gasteiger partial charge in [0.25, 0.3) is 0 Å². The van der Waals surface area contributed by atoms with Crippen LogP contribution in [0.2, 0.25) is 0 Å². The molecule has 274 valence electrons. The summed E-state index contributed by atoms with van der Waals surface area (Å²) in [5, 5.41) is 7.91. The van der Waals surface area contributed by atoms with Crippen LogP contribution in [0.4, 0.5) is 0 Å². The van der Waals surface area contributed by atoms with Crippen LogP contribution >= 0.6 is 0 Å². The van der Waals surface area contributed by atoms with E-state index >= 15 is 0 Å². The molecule has 0 aliphatic heterocycles. The highest BCUT2D eigenvalue weighted by atomic mass is 14.4. The van der Waals surface area contributed by atoms with E-state index < -0.39 is 0 Å². The van der Waals surface area contributed by atoms with E-state index in [-0.39, 0.29) is 10.8 Å². The van der Waals surface area contributed by atoms with E-state index in [4.69, 9.17) is 0 Å². The van der Waals surface area contributed by atoms with Gasteiger partial charge in [-0.05, 0) is 164 Å². The zero-order chi connectivity index (χ0) is 38.9. The predicted octanol–water partition coefficient (Wildman–Crippen LogP) is 15.9. The third kappa shape index (κ3) is 4.75. The van der Waals surface area contributed by atoms with Gasteiger partial charge in [0.15, 0.2) is 0 Å². The third-order valence-corrected chi connectivity index (χ3v) is 13.8. The summed E-state index contributed by atoms with van der Waals surface area (Å²) in [6.45, 7) is 9.48. The second kappa shape index (κ2) is 11.9. The van der Waals surface area contributed by atoms with Crippen LogP contribution in [0.25, 0.3) is 99.1 Å². The van der Waals surface area contributed by atoms with Gasteiger partial charge in [0.1, 0.15) is 0 Å². The maximum Gasteiger partial charge on any atom is 0.0159 e. The quantitative estimate of drug-likeness (QED) is 0.158. The van der Waals surface area contributed by atoms with Crippen molar-refractivity contribution in [1.82, 2.24) is 0 Å². The number of fused-ring (bicyclic) bond motifs is 6. The molecule has 0 bridgehead atoms. The molecule has 12 rings (SSSR count). The Kier molecular flexibility index (Phi) is 6.84. The normalized spacial score (nSPS) is 14.5. The molecule has 0 saturated heterocycles. The molecule has 0 amide bonds. The van der Waals surface area contributed by atoms with Crippen molar-refractivity contribution in [3.8, 4) is 66.8 Å². The van der Waals surface area contributed by atoms with Crippen molar-refractivity contribution in [2.24, 2.45) is 0 Å². The average molecular weight is 739 g/mol. The molecule has 0 spiro atoms. The summed E-state index contributed by atoms with van der Waals surface area (Å²) in [6.07, 6.45) is 0. The molecular formula is C58H42. The molecule has 0 heterocycles. The Morgan fingerprint density at radius 1 is 0.241 bits per heavy atom. The smallest absolute Gasteiger partial charge is 0.0159 e. The molecule has 10 aromatic carbocycles. The first-order valence-electron chi connectivity index (χ1n) is 20.7. The highest BCUT2D eigenvalue weighted by Crippen LogP contribution is 2.52. The fourth-order valence-electron chi connectivity index (χ4n) is 10.7. The van der Waals surface area contributed by atoms with Gasteiger partial charge in [-0.3, -0.25) is 0 Å². The Morgan fingerprint density at radius 2 is 0.603 bits per heavy atom. The maximum absolute atomic E-state index is 2.45. The minimum absolute atomic E-state index is 0.0643. The summed E-state index contributed by atoms with van der Waals surface area (Å²) < 4.78 is 0. The van der Waals surface area contributed by atoms with E-state index in [0.29, 0.717) is 0 Å². The number of hydrogen-bond acceptors (Lipinski definition) is 0. The molecular weight excluding hydrogens is 697 g/mol.